The lowest BCUT2D eigenvalue weighted by molar-refractivity contribution is 0.0695. The smallest absolute Gasteiger partial charge is 0.337 e. The number of aromatic nitrogens is 1. The van der Waals surface area contributed by atoms with Gasteiger partial charge in [-0.2, -0.15) is 5.26 Å². The topological polar surface area (TPSA) is 97.5 Å². The van der Waals surface area contributed by atoms with E-state index >= 15 is 0 Å². The highest BCUT2D eigenvalue weighted by Crippen LogP contribution is 2.34. The molecule has 0 radical (unpaired) electrons. The molecule has 6 nitrogen and oxygen atoms in total. The molecule has 3 rings (SSSR count). The van der Waals surface area contributed by atoms with Crippen LogP contribution in [0.5, 0.6) is 0 Å². The first-order chi connectivity index (χ1) is 12.0. The maximum atomic E-state index is 11.2. The van der Waals surface area contributed by atoms with E-state index in [0.717, 1.165) is 17.7 Å². The molecule has 1 atom stereocenters. The quantitative estimate of drug-likeness (QED) is 0.873. The molecule has 1 aliphatic rings. The molecule has 7 heteroatoms. The predicted molar refractivity (Wildman–Crippen MR) is 94.9 cm³/mol. The average molecular weight is 357 g/mol. The Kier molecular flexibility index (Phi) is 5.02. The number of carbonyl (C=O) groups is 1. The molecule has 0 saturated carbocycles. The number of nitriles is 1. The van der Waals surface area contributed by atoms with Crippen LogP contribution in [0.1, 0.15) is 45.4 Å². The minimum atomic E-state index is -1.08. The van der Waals surface area contributed by atoms with Gasteiger partial charge >= 0.3 is 5.97 Å². The number of aliphatic hydroxyl groups is 1. The van der Waals surface area contributed by atoms with Gasteiger partial charge in [-0.05, 0) is 43.2 Å². The predicted octanol–water partition coefficient (Wildman–Crippen LogP) is 2.97. The first kappa shape index (κ1) is 17.4. The molecule has 2 aromatic heterocycles. The highest BCUT2D eigenvalue weighted by Gasteiger charge is 2.28. The van der Waals surface area contributed by atoms with Crippen molar-refractivity contribution in [2.45, 2.75) is 25.9 Å². The Morgan fingerprint density at radius 1 is 1.48 bits per heavy atom. The minimum absolute atomic E-state index is 0.0586. The fraction of sp³-hybridized carbons (Fsp3) is 0.389. The van der Waals surface area contributed by atoms with Crippen LogP contribution < -0.4 is 4.90 Å². The Morgan fingerprint density at radius 3 is 2.76 bits per heavy atom. The van der Waals surface area contributed by atoms with Gasteiger partial charge in [0.15, 0.2) is 0 Å². The lowest BCUT2D eigenvalue weighted by atomic mass is 9.90. The number of nitrogens with zero attached hydrogens (tertiary/aromatic N) is 3. The summed E-state index contributed by atoms with van der Waals surface area (Å²) in [6.07, 6.45) is 1.14. The highest BCUT2D eigenvalue weighted by atomic mass is 32.1. The zero-order chi connectivity index (χ0) is 18.0. The summed E-state index contributed by atoms with van der Waals surface area (Å²) in [5, 5.41) is 31.0. The van der Waals surface area contributed by atoms with Crippen molar-refractivity contribution in [3.05, 3.63) is 45.3 Å². The van der Waals surface area contributed by atoms with Crippen LogP contribution >= 0.6 is 11.3 Å². The molecule has 130 valence electrons. The second-order valence-electron chi connectivity index (χ2n) is 6.19. The van der Waals surface area contributed by atoms with Crippen molar-refractivity contribution in [2.75, 3.05) is 18.0 Å². The van der Waals surface area contributed by atoms with Crippen LogP contribution in [-0.2, 0) is 0 Å². The number of thiophene rings is 1. The van der Waals surface area contributed by atoms with Crippen LogP contribution in [0.3, 0.4) is 0 Å². The molecular formula is C18H19N3O3S. The van der Waals surface area contributed by atoms with Crippen molar-refractivity contribution in [1.29, 1.82) is 5.26 Å². The number of pyridine rings is 1. The van der Waals surface area contributed by atoms with Gasteiger partial charge in [-0.1, -0.05) is 6.07 Å². The third-order valence-corrected chi connectivity index (χ3v) is 5.61. The Balaban J connectivity index is 1.76. The first-order valence-corrected chi connectivity index (χ1v) is 9.00. The summed E-state index contributed by atoms with van der Waals surface area (Å²) in [4.78, 5) is 18.6. The maximum Gasteiger partial charge on any atom is 0.337 e. The highest BCUT2D eigenvalue weighted by molar-refractivity contribution is 7.10. The van der Waals surface area contributed by atoms with E-state index in [1.54, 1.807) is 18.3 Å². The lowest BCUT2D eigenvalue weighted by Gasteiger charge is -2.35. The van der Waals surface area contributed by atoms with Gasteiger partial charge in [0, 0.05) is 18.0 Å². The Hall–Kier alpha value is -2.43. The van der Waals surface area contributed by atoms with Crippen LogP contribution in [0.15, 0.2) is 23.6 Å². The van der Waals surface area contributed by atoms with Gasteiger partial charge in [-0.25, -0.2) is 9.78 Å². The van der Waals surface area contributed by atoms with E-state index in [1.807, 2.05) is 22.4 Å². The maximum absolute atomic E-state index is 11.2. The molecule has 1 saturated heterocycles. The van der Waals surface area contributed by atoms with E-state index in [4.69, 9.17) is 0 Å². The van der Waals surface area contributed by atoms with Gasteiger partial charge in [-0.3, -0.25) is 0 Å². The molecule has 1 unspecified atom stereocenters. The Bertz CT molecular complexity index is 806. The molecule has 0 amide bonds. The number of aryl methyl sites for hydroxylation is 1. The monoisotopic (exact) mass is 357 g/mol. The molecule has 0 aromatic carbocycles. The van der Waals surface area contributed by atoms with E-state index in [9.17, 15) is 20.3 Å². The molecular weight excluding hydrogens is 338 g/mol. The van der Waals surface area contributed by atoms with Crippen LogP contribution in [0.2, 0.25) is 0 Å². The number of carboxylic acids is 1. The number of anilines is 1. The molecule has 25 heavy (non-hydrogen) atoms. The van der Waals surface area contributed by atoms with E-state index in [1.165, 1.54) is 6.07 Å². The van der Waals surface area contributed by atoms with Crippen LogP contribution in [-0.4, -0.2) is 34.3 Å². The van der Waals surface area contributed by atoms with Gasteiger partial charge in [-0.15, -0.1) is 11.3 Å². The van der Waals surface area contributed by atoms with Crippen LogP contribution in [0.4, 0.5) is 5.82 Å². The molecule has 3 heterocycles. The van der Waals surface area contributed by atoms with E-state index in [2.05, 4.69) is 11.1 Å². The number of rotatable bonds is 4. The first-order valence-electron chi connectivity index (χ1n) is 8.12. The zero-order valence-electron chi connectivity index (χ0n) is 13.8. The minimum Gasteiger partial charge on any atom is -0.478 e. The van der Waals surface area contributed by atoms with E-state index < -0.39 is 12.1 Å². The molecule has 0 spiro atoms. The number of hydrogen-bond donors (Lipinski definition) is 2. The van der Waals surface area contributed by atoms with Gasteiger partial charge < -0.3 is 15.1 Å². The number of aliphatic hydroxyl groups excluding tert-OH is 1. The second kappa shape index (κ2) is 7.21. The van der Waals surface area contributed by atoms with Crippen molar-refractivity contribution in [1.82, 2.24) is 4.98 Å². The van der Waals surface area contributed by atoms with E-state index in [-0.39, 0.29) is 17.0 Å². The van der Waals surface area contributed by atoms with Crippen molar-refractivity contribution >= 4 is 23.1 Å². The largest absolute Gasteiger partial charge is 0.478 e. The fourth-order valence-electron chi connectivity index (χ4n) is 3.25. The number of aromatic carboxylic acids is 1. The van der Waals surface area contributed by atoms with Crippen molar-refractivity contribution < 1.29 is 15.0 Å². The summed E-state index contributed by atoms with van der Waals surface area (Å²) in [5.41, 5.74) is 0.741. The van der Waals surface area contributed by atoms with E-state index in [0.29, 0.717) is 24.6 Å². The summed E-state index contributed by atoms with van der Waals surface area (Å²) in [7, 11) is 0. The number of piperidine rings is 1. The Morgan fingerprint density at radius 2 is 2.20 bits per heavy atom. The summed E-state index contributed by atoms with van der Waals surface area (Å²) in [6.45, 7) is 3.00. The third kappa shape index (κ3) is 3.50. The number of hydrogen-bond acceptors (Lipinski definition) is 6. The fourth-order valence-corrected chi connectivity index (χ4v) is 4.05. The number of carboxylic acid groups (broad SMARTS) is 1. The van der Waals surface area contributed by atoms with Crippen molar-refractivity contribution in [2.24, 2.45) is 5.92 Å². The molecule has 1 aliphatic heterocycles. The van der Waals surface area contributed by atoms with Gasteiger partial charge in [0.05, 0.1) is 22.9 Å². The molecule has 2 N–H and O–H groups in total. The molecule has 2 aromatic rings. The normalized spacial score (nSPS) is 16.4. The summed E-state index contributed by atoms with van der Waals surface area (Å²) in [6, 6.07) is 7.34. The lowest BCUT2D eigenvalue weighted by Crippen LogP contribution is -2.36. The summed E-state index contributed by atoms with van der Waals surface area (Å²) >= 11 is 1.56. The third-order valence-electron chi connectivity index (χ3n) is 4.66. The van der Waals surface area contributed by atoms with Gasteiger partial charge in [0.25, 0.3) is 0 Å². The SMILES string of the molecule is Cc1nc(N2CCC(C(O)c3cccs3)CC2)c(C#N)cc1C(=O)O. The van der Waals surface area contributed by atoms with Crippen LogP contribution in [0, 0.1) is 24.2 Å². The summed E-state index contributed by atoms with van der Waals surface area (Å²) in [5.74, 6) is -0.361. The van der Waals surface area contributed by atoms with Crippen molar-refractivity contribution in [3.63, 3.8) is 0 Å². The molecule has 0 bridgehead atoms. The molecule has 1 fully saturated rings. The van der Waals surface area contributed by atoms with Gasteiger partial charge in [0.1, 0.15) is 11.9 Å². The van der Waals surface area contributed by atoms with Crippen molar-refractivity contribution in [3.8, 4) is 6.07 Å². The Labute approximate surface area is 150 Å². The zero-order valence-corrected chi connectivity index (χ0v) is 14.7. The van der Waals surface area contributed by atoms with Gasteiger partial charge in [0.2, 0.25) is 0 Å². The second-order valence-corrected chi connectivity index (χ2v) is 7.17. The average Bonchev–Trinajstić information content (AvgIpc) is 3.15. The van der Waals surface area contributed by atoms with Crippen LogP contribution in [0.25, 0.3) is 0 Å². The summed E-state index contributed by atoms with van der Waals surface area (Å²) < 4.78 is 0. The standard InChI is InChI=1S/C18H19N3O3S/c1-11-14(18(23)24)9-13(10-19)17(20-11)21-6-4-12(5-7-21)16(22)15-3-2-8-25-15/h2-3,8-9,12,16,22H,4-7H2,1H3,(H,23,24). The molecule has 0 aliphatic carbocycles.